The molecule has 0 aliphatic carbocycles. The van der Waals surface area contributed by atoms with Crippen LogP contribution in [0.5, 0.6) is 0 Å². The molecule has 2 heterocycles. The number of fused-ring (bicyclic) bond motifs is 1. The summed E-state index contributed by atoms with van der Waals surface area (Å²) in [5, 5.41) is 4.54. The first-order valence-electron chi connectivity index (χ1n) is 8.02. The third-order valence-electron chi connectivity index (χ3n) is 4.67. The van der Waals surface area contributed by atoms with Crippen molar-refractivity contribution in [1.29, 1.82) is 0 Å². The summed E-state index contributed by atoms with van der Waals surface area (Å²) < 4.78 is 1.31. The van der Waals surface area contributed by atoms with Gasteiger partial charge in [-0.3, -0.25) is 4.90 Å². The number of likely N-dealkylation sites (tertiary alicyclic amines) is 1. The van der Waals surface area contributed by atoms with E-state index in [-0.39, 0.29) is 0 Å². The van der Waals surface area contributed by atoms with Gasteiger partial charge in [0.15, 0.2) is 0 Å². The number of aromatic nitrogens is 1. The fraction of sp³-hybridized carbons (Fsp3) is 0.588. The fourth-order valence-electron chi connectivity index (χ4n) is 3.20. The predicted octanol–water partition coefficient (Wildman–Crippen LogP) is 3.68. The molecule has 2 aromatic rings. The molecule has 1 aromatic heterocycles. The van der Waals surface area contributed by atoms with Crippen molar-refractivity contribution in [2.75, 3.05) is 26.7 Å². The van der Waals surface area contributed by atoms with Crippen molar-refractivity contribution < 1.29 is 0 Å². The Morgan fingerprint density at radius 2 is 2.10 bits per heavy atom. The van der Waals surface area contributed by atoms with Crippen molar-refractivity contribution in [2.45, 2.75) is 32.2 Å². The number of nitrogens with zero attached hydrogens (tertiary/aromatic N) is 2. The van der Waals surface area contributed by atoms with Crippen LogP contribution in [0.25, 0.3) is 10.2 Å². The van der Waals surface area contributed by atoms with E-state index in [0.717, 1.165) is 18.0 Å². The van der Waals surface area contributed by atoms with Crippen LogP contribution in [-0.4, -0.2) is 36.6 Å². The Balaban J connectivity index is 1.62. The second-order valence-electron chi connectivity index (χ2n) is 6.07. The Morgan fingerprint density at radius 3 is 2.81 bits per heavy atom. The number of piperidine rings is 1. The van der Waals surface area contributed by atoms with Crippen molar-refractivity contribution in [1.82, 2.24) is 15.2 Å². The van der Waals surface area contributed by atoms with E-state index in [1.165, 1.54) is 42.1 Å². The Bertz CT molecular complexity index is 539. The third kappa shape index (κ3) is 3.44. The molecule has 21 heavy (non-hydrogen) atoms. The van der Waals surface area contributed by atoms with Crippen molar-refractivity contribution in [3.63, 3.8) is 0 Å². The van der Waals surface area contributed by atoms with Crippen molar-refractivity contribution in [3.05, 3.63) is 29.3 Å². The molecule has 1 aliphatic heterocycles. The van der Waals surface area contributed by atoms with Crippen molar-refractivity contribution in [2.24, 2.45) is 5.92 Å². The first kappa shape index (κ1) is 14.9. The Hall–Kier alpha value is -0.970. The zero-order chi connectivity index (χ0) is 14.7. The van der Waals surface area contributed by atoms with Gasteiger partial charge in [0.05, 0.1) is 16.3 Å². The van der Waals surface area contributed by atoms with Crippen LogP contribution < -0.4 is 5.32 Å². The van der Waals surface area contributed by atoms with Gasteiger partial charge in [-0.05, 0) is 70.9 Å². The monoisotopic (exact) mass is 303 g/mol. The van der Waals surface area contributed by atoms with Gasteiger partial charge in [-0.1, -0.05) is 12.1 Å². The van der Waals surface area contributed by atoms with Gasteiger partial charge < -0.3 is 5.32 Å². The van der Waals surface area contributed by atoms with Gasteiger partial charge in [-0.25, -0.2) is 4.98 Å². The summed E-state index contributed by atoms with van der Waals surface area (Å²) in [5.74, 6) is 0.899. The van der Waals surface area contributed by atoms with Gasteiger partial charge in [0.1, 0.15) is 5.01 Å². The van der Waals surface area contributed by atoms with Crippen LogP contribution in [0.15, 0.2) is 24.3 Å². The zero-order valence-electron chi connectivity index (χ0n) is 13.0. The summed E-state index contributed by atoms with van der Waals surface area (Å²) in [7, 11) is 2.05. The lowest BCUT2D eigenvalue weighted by molar-refractivity contribution is 0.137. The molecule has 3 rings (SSSR count). The summed E-state index contributed by atoms with van der Waals surface area (Å²) in [6.45, 7) is 5.89. The van der Waals surface area contributed by atoms with E-state index in [2.05, 4.69) is 41.4 Å². The zero-order valence-corrected chi connectivity index (χ0v) is 13.8. The number of thiazole rings is 1. The topological polar surface area (TPSA) is 28.2 Å². The van der Waals surface area contributed by atoms with Crippen molar-refractivity contribution >= 4 is 21.6 Å². The highest BCUT2D eigenvalue weighted by molar-refractivity contribution is 7.18. The van der Waals surface area contributed by atoms with Crippen LogP contribution in [-0.2, 0) is 0 Å². The molecule has 0 amide bonds. The van der Waals surface area contributed by atoms with E-state index < -0.39 is 0 Å². The second kappa shape index (κ2) is 6.86. The van der Waals surface area contributed by atoms with E-state index in [0.29, 0.717) is 6.04 Å². The van der Waals surface area contributed by atoms with E-state index in [4.69, 9.17) is 4.98 Å². The van der Waals surface area contributed by atoms with Crippen LogP contribution in [0.4, 0.5) is 0 Å². The molecular formula is C17H25N3S. The summed E-state index contributed by atoms with van der Waals surface area (Å²) >= 11 is 1.85. The van der Waals surface area contributed by atoms with E-state index in [9.17, 15) is 0 Å². The van der Waals surface area contributed by atoms with Gasteiger partial charge >= 0.3 is 0 Å². The number of para-hydroxylation sites is 1. The van der Waals surface area contributed by atoms with Gasteiger partial charge in [-0.15, -0.1) is 11.3 Å². The first-order chi connectivity index (χ1) is 10.3. The van der Waals surface area contributed by atoms with E-state index in [1.807, 2.05) is 18.4 Å². The predicted molar refractivity (Wildman–Crippen MR) is 90.9 cm³/mol. The molecule has 1 aliphatic rings. The number of benzene rings is 1. The maximum Gasteiger partial charge on any atom is 0.111 e. The molecule has 1 fully saturated rings. The van der Waals surface area contributed by atoms with Crippen LogP contribution in [0, 0.1) is 5.92 Å². The van der Waals surface area contributed by atoms with E-state index >= 15 is 0 Å². The largest absolute Gasteiger partial charge is 0.320 e. The maximum atomic E-state index is 4.82. The molecule has 1 aromatic carbocycles. The number of hydrogen-bond acceptors (Lipinski definition) is 4. The molecule has 4 heteroatoms. The molecule has 1 saturated heterocycles. The van der Waals surface area contributed by atoms with Gasteiger partial charge in [0.2, 0.25) is 0 Å². The second-order valence-corrected chi connectivity index (χ2v) is 7.13. The van der Waals surface area contributed by atoms with Gasteiger partial charge in [0, 0.05) is 0 Å². The molecule has 3 nitrogen and oxygen atoms in total. The molecule has 1 atom stereocenters. The highest BCUT2D eigenvalue weighted by Crippen LogP contribution is 2.32. The molecule has 0 radical (unpaired) electrons. The van der Waals surface area contributed by atoms with Crippen LogP contribution in [0.3, 0.4) is 0 Å². The first-order valence-corrected chi connectivity index (χ1v) is 8.83. The molecule has 0 spiro atoms. The molecule has 1 N–H and O–H groups in total. The average molecular weight is 303 g/mol. The van der Waals surface area contributed by atoms with Gasteiger partial charge in [0.25, 0.3) is 0 Å². The highest BCUT2D eigenvalue weighted by Gasteiger charge is 2.24. The van der Waals surface area contributed by atoms with Crippen LogP contribution in [0.2, 0.25) is 0 Å². The summed E-state index contributed by atoms with van der Waals surface area (Å²) in [6, 6.07) is 8.92. The Morgan fingerprint density at radius 1 is 1.33 bits per heavy atom. The lowest BCUT2D eigenvalue weighted by Gasteiger charge is -2.35. The normalized spacial score (nSPS) is 19.1. The van der Waals surface area contributed by atoms with Gasteiger partial charge in [-0.2, -0.15) is 0 Å². The minimum atomic E-state index is 0.452. The molecule has 0 bridgehead atoms. The average Bonchev–Trinajstić information content (AvgIpc) is 2.96. The summed E-state index contributed by atoms with van der Waals surface area (Å²) in [6.07, 6.45) is 3.98. The van der Waals surface area contributed by atoms with E-state index in [1.54, 1.807) is 0 Å². The lowest BCUT2D eigenvalue weighted by atomic mass is 9.93. The lowest BCUT2D eigenvalue weighted by Crippen LogP contribution is -2.36. The highest BCUT2D eigenvalue weighted by atomic mass is 32.1. The SMILES string of the molecule is CNCCC1CCN(C(C)c2nc3ccccc3s2)CC1. The Labute approximate surface area is 131 Å². The number of rotatable bonds is 5. The number of nitrogens with one attached hydrogen (secondary N) is 1. The standard InChI is InChI=1S/C17H25N3S/c1-13(17-19-15-5-3-4-6-16(15)21-17)20-11-8-14(9-12-20)7-10-18-2/h3-6,13-14,18H,7-12H2,1-2H3. The molecule has 114 valence electrons. The quantitative estimate of drug-likeness (QED) is 0.913. The summed E-state index contributed by atoms with van der Waals surface area (Å²) in [4.78, 5) is 7.43. The Kier molecular flexibility index (Phi) is 4.88. The van der Waals surface area contributed by atoms with Crippen LogP contribution >= 0.6 is 11.3 Å². The molecular weight excluding hydrogens is 278 g/mol. The van der Waals surface area contributed by atoms with Crippen LogP contribution in [0.1, 0.15) is 37.2 Å². The minimum Gasteiger partial charge on any atom is -0.320 e. The maximum absolute atomic E-state index is 4.82. The minimum absolute atomic E-state index is 0.452. The summed E-state index contributed by atoms with van der Waals surface area (Å²) in [5.41, 5.74) is 1.15. The molecule has 1 unspecified atom stereocenters. The molecule has 0 saturated carbocycles. The third-order valence-corrected chi connectivity index (χ3v) is 5.87. The smallest absolute Gasteiger partial charge is 0.111 e. The fourth-order valence-corrected chi connectivity index (χ4v) is 4.26. The van der Waals surface area contributed by atoms with Crippen molar-refractivity contribution in [3.8, 4) is 0 Å². The number of hydrogen-bond donors (Lipinski definition) is 1.